The van der Waals surface area contributed by atoms with Crippen molar-refractivity contribution in [2.45, 2.75) is 13.8 Å². The number of anilines is 1. The van der Waals surface area contributed by atoms with Crippen molar-refractivity contribution in [3.05, 3.63) is 88.7 Å². The van der Waals surface area contributed by atoms with Crippen molar-refractivity contribution >= 4 is 40.2 Å². The lowest BCUT2D eigenvalue weighted by molar-refractivity contribution is -0.119. The van der Waals surface area contributed by atoms with Crippen LogP contribution in [0, 0.1) is 13.8 Å². The molecule has 1 aromatic heterocycles. The third-order valence-corrected chi connectivity index (χ3v) is 5.12. The Morgan fingerprint density at radius 1 is 1.03 bits per heavy atom. The maximum atomic E-state index is 12.5. The number of para-hydroxylation sites is 1. The van der Waals surface area contributed by atoms with Crippen molar-refractivity contribution in [3.8, 4) is 5.69 Å². The number of carbonyl (C=O) groups excluding carboxylic acids is 2. The zero-order valence-corrected chi connectivity index (χ0v) is 17.8. The molecule has 31 heavy (non-hydrogen) atoms. The Hall–Kier alpha value is -3.64. The first-order valence-electron chi connectivity index (χ1n) is 9.70. The molecule has 0 bridgehead atoms. The lowest BCUT2D eigenvalue weighted by atomic mass is 10.2. The number of ether oxygens (including phenoxy) is 1. The molecule has 0 saturated carbocycles. The second-order valence-corrected chi connectivity index (χ2v) is 7.55. The van der Waals surface area contributed by atoms with Gasteiger partial charge in [0.25, 0.3) is 5.91 Å². The first-order valence-corrected chi connectivity index (χ1v) is 10.1. The molecule has 0 saturated heterocycles. The standard InChI is InChI=1S/C24H20ClN3O3/c1-15-8-10-20(19(25)12-15)27-23(29)14-31-24(30)17-9-11-22-21(13-17)26-16(2)28(22)18-6-4-3-5-7-18/h3-13H,14H2,1-2H3,(H,27,29). The predicted octanol–water partition coefficient (Wildman–Crippen LogP) is 5.09. The van der Waals surface area contributed by atoms with Gasteiger partial charge in [-0.25, -0.2) is 9.78 Å². The van der Waals surface area contributed by atoms with Crippen LogP contribution in [-0.2, 0) is 9.53 Å². The fraction of sp³-hybridized carbons (Fsp3) is 0.125. The van der Waals surface area contributed by atoms with Gasteiger partial charge < -0.3 is 10.1 Å². The molecule has 4 rings (SSSR count). The summed E-state index contributed by atoms with van der Waals surface area (Å²) in [5.41, 5.74) is 4.32. The number of halogens is 1. The quantitative estimate of drug-likeness (QED) is 0.445. The average molecular weight is 434 g/mol. The van der Waals surface area contributed by atoms with Gasteiger partial charge in [0.05, 0.1) is 27.3 Å². The van der Waals surface area contributed by atoms with E-state index >= 15 is 0 Å². The second kappa shape index (κ2) is 8.62. The van der Waals surface area contributed by atoms with E-state index in [2.05, 4.69) is 10.3 Å². The lowest BCUT2D eigenvalue weighted by Crippen LogP contribution is -2.21. The molecule has 1 heterocycles. The minimum absolute atomic E-state index is 0.325. The number of hydrogen-bond acceptors (Lipinski definition) is 4. The number of nitrogens with one attached hydrogen (secondary N) is 1. The normalized spacial score (nSPS) is 10.8. The smallest absolute Gasteiger partial charge is 0.338 e. The van der Waals surface area contributed by atoms with Crippen LogP contribution >= 0.6 is 11.6 Å². The number of rotatable bonds is 5. The van der Waals surface area contributed by atoms with Crippen LogP contribution in [0.5, 0.6) is 0 Å². The van der Waals surface area contributed by atoms with Crippen LogP contribution < -0.4 is 5.32 Å². The predicted molar refractivity (Wildman–Crippen MR) is 121 cm³/mol. The summed E-state index contributed by atoms with van der Waals surface area (Å²) in [6, 6.07) is 20.3. The van der Waals surface area contributed by atoms with Crippen molar-refractivity contribution in [2.75, 3.05) is 11.9 Å². The molecule has 0 unspecified atom stereocenters. The van der Waals surface area contributed by atoms with Gasteiger partial charge in [-0.05, 0) is 61.9 Å². The van der Waals surface area contributed by atoms with E-state index in [4.69, 9.17) is 16.3 Å². The maximum Gasteiger partial charge on any atom is 0.338 e. The van der Waals surface area contributed by atoms with Crippen LogP contribution in [0.2, 0.25) is 5.02 Å². The molecule has 1 N–H and O–H groups in total. The van der Waals surface area contributed by atoms with Crippen molar-refractivity contribution < 1.29 is 14.3 Å². The molecule has 156 valence electrons. The number of esters is 1. The number of fused-ring (bicyclic) bond motifs is 1. The molecule has 0 spiro atoms. The summed E-state index contributed by atoms with van der Waals surface area (Å²) in [5, 5.41) is 3.06. The molecule has 0 atom stereocenters. The molecular weight excluding hydrogens is 414 g/mol. The van der Waals surface area contributed by atoms with E-state index in [9.17, 15) is 9.59 Å². The molecule has 0 fully saturated rings. The summed E-state index contributed by atoms with van der Waals surface area (Å²) in [6.45, 7) is 3.39. The van der Waals surface area contributed by atoms with Crippen molar-refractivity contribution in [1.29, 1.82) is 0 Å². The van der Waals surface area contributed by atoms with E-state index in [0.29, 0.717) is 21.8 Å². The molecule has 0 aliphatic rings. The highest BCUT2D eigenvalue weighted by Crippen LogP contribution is 2.24. The molecule has 1 amide bonds. The van der Waals surface area contributed by atoms with Gasteiger partial charge in [-0.3, -0.25) is 9.36 Å². The van der Waals surface area contributed by atoms with Crippen LogP contribution in [0.15, 0.2) is 66.7 Å². The zero-order valence-electron chi connectivity index (χ0n) is 17.1. The van der Waals surface area contributed by atoms with Gasteiger partial charge in [0.1, 0.15) is 5.82 Å². The van der Waals surface area contributed by atoms with Gasteiger partial charge in [0.15, 0.2) is 6.61 Å². The fourth-order valence-electron chi connectivity index (χ4n) is 3.35. The van der Waals surface area contributed by atoms with Gasteiger partial charge in [0, 0.05) is 5.69 Å². The summed E-state index contributed by atoms with van der Waals surface area (Å²) in [5.74, 6) is -0.260. The molecular formula is C24H20ClN3O3. The second-order valence-electron chi connectivity index (χ2n) is 7.14. The third-order valence-electron chi connectivity index (χ3n) is 4.81. The maximum absolute atomic E-state index is 12.5. The molecule has 6 nitrogen and oxygen atoms in total. The van der Waals surface area contributed by atoms with E-state index in [-0.39, 0.29) is 0 Å². The Kier molecular flexibility index (Phi) is 5.73. The van der Waals surface area contributed by atoms with E-state index in [1.165, 1.54) is 0 Å². The third kappa shape index (κ3) is 4.44. The number of benzene rings is 3. The molecule has 0 aliphatic carbocycles. The highest BCUT2D eigenvalue weighted by atomic mass is 35.5. The highest BCUT2D eigenvalue weighted by Gasteiger charge is 2.15. The lowest BCUT2D eigenvalue weighted by Gasteiger charge is -2.09. The van der Waals surface area contributed by atoms with Gasteiger partial charge >= 0.3 is 5.97 Å². The van der Waals surface area contributed by atoms with Gasteiger partial charge in [0.2, 0.25) is 0 Å². The van der Waals surface area contributed by atoms with Gasteiger partial charge in [-0.15, -0.1) is 0 Å². The largest absolute Gasteiger partial charge is 0.452 e. The first kappa shape index (κ1) is 20.6. The van der Waals surface area contributed by atoms with E-state index in [1.807, 2.05) is 60.9 Å². The van der Waals surface area contributed by atoms with Crippen LogP contribution in [-0.4, -0.2) is 28.0 Å². The summed E-state index contributed by atoms with van der Waals surface area (Å²) >= 11 is 6.12. The number of carbonyl (C=O) groups is 2. The Balaban J connectivity index is 1.46. The molecule has 0 aliphatic heterocycles. The van der Waals surface area contributed by atoms with E-state index < -0.39 is 18.5 Å². The number of hydrogen-bond donors (Lipinski definition) is 1. The average Bonchev–Trinajstić information content (AvgIpc) is 3.09. The van der Waals surface area contributed by atoms with Gasteiger partial charge in [-0.2, -0.15) is 0 Å². The Labute approximate surface area is 184 Å². The SMILES string of the molecule is Cc1ccc(NC(=O)COC(=O)c2ccc3c(c2)nc(C)n3-c2ccccc2)c(Cl)c1. The van der Waals surface area contributed by atoms with Crippen LogP contribution in [0.3, 0.4) is 0 Å². The number of nitrogens with zero attached hydrogens (tertiary/aromatic N) is 2. The highest BCUT2D eigenvalue weighted by molar-refractivity contribution is 6.33. The molecule has 0 radical (unpaired) electrons. The van der Waals surface area contributed by atoms with Crippen LogP contribution in [0.1, 0.15) is 21.7 Å². The van der Waals surface area contributed by atoms with E-state index in [1.54, 1.807) is 24.3 Å². The Bertz CT molecular complexity index is 1280. The Morgan fingerprint density at radius 3 is 2.55 bits per heavy atom. The van der Waals surface area contributed by atoms with Crippen molar-refractivity contribution in [1.82, 2.24) is 9.55 Å². The summed E-state index contributed by atoms with van der Waals surface area (Å²) < 4.78 is 7.18. The molecule has 7 heteroatoms. The fourth-order valence-corrected chi connectivity index (χ4v) is 3.64. The van der Waals surface area contributed by atoms with Crippen molar-refractivity contribution in [3.63, 3.8) is 0 Å². The topological polar surface area (TPSA) is 73.2 Å². The number of imidazole rings is 1. The minimum Gasteiger partial charge on any atom is -0.452 e. The molecule has 3 aromatic carbocycles. The van der Waals surface area contributed by atoms with Crippen LogP contribution in [0.25, 0.3) is 16.7 Å². The molecule has 4 aromatic rings. The summed E-state index contributed by atoms with van der Waals surface area (Å²) in [4.78, 5) is 29.2. The number of aryl methyl sites for hydroxylation is 2. The van der Waals surface area contributed by atoms with Crippen molar-refractivity contribution in [2.24, 2.45) is 0 Å². The summed E-state index contributed by atoms with van der Waals surface area (Å²) in [7, 11) is 0. The summed E-state index contributed by atoms with van der Waals surface area (Å²) in [6.07, 6.45) is 0. The zero-order chi connectivity index (χ0) is 22.0. The first-order chi connectivity index (χ1) is 14.9. The number of amides is 1. The monoisotopic (exact) mass is 433 g/mol. The minimum atomic E-state index is -0.598. The Morgan fingerprint density at radius 2 is 1.81 bits per heavy atom. The van der Waals surface area contributed by atoms with Gasteiger partial charge in [-0.1, -0.05) is 35.9 Å². The van der Waals surface area contributed by atoms with E-state index in [0.717, 1.165) is 22.6 Å². The van der Waals surface area contributed by atoms with Crippen LogP contribution in [0.4, 0.5) is 5.69 Å². The number of aromatic nitrogens is 2.